The number of amides is 2. The Hall–Kier alpha value is -2.97. The standard InChI is InChI=1S/C18H24N2O7/c1-24-13-7-6-12(15(25-2)16(13)26-3)18(23)27-10-14(21)20-8-4-5-11(9-20)17(19)22/h6-7,11H,4-5,8-10H2,1-3H3,(H2,19,22)/t11-/m0/s1. The summed E-state index contributed by atoms with van der Waals surface area (Å²) < 4.78 is 20.8. The maximum Gasteiger partial charge on any atom is 0.342 e. The van der Waals surface area contributed by atoms with E-state index in [9.17, 15) is 14.4 Å². The van der Waals surface area contributed by atoms with Crippen LogP contribution < -0.4 is 19.9 Å². The molecule has 9 nitrogen and oxygen atoms in total. The highest BCUT2D eigenvalue weighted by Gasteiger charge is 2.28. The van der Waals surface area contributed by atoms with E-state index in [1.54, 1.807) is 6.07 Å². The van der Waals surface area contributed by atoms with Crippen LogP contribution in [0.1, 0.15) is 23.2 Å². The molecule has 1 atom stereocenters. The summed E-state index contributed by atoms with van der Waals surface area (Å²) in [6.45, 7) is 0.299. The Morgan fingerprint density at radius 2 is 1.81 bits per heavy atom. The number of likely N-dealkylation sites (tertiary alicyclic amines) is 1. The highest BCUT2D eigenvalue weighted by Crippen LogP contribution is 2.39. The van der Waals surface area contributed by atoms with Gasteiger partial charge in [0.25, 0.3) is 5.91 Å². The summed E-state index contributed by atoms with van der Waals surface area (Å²) in [5.41, 5.74) is 5.42. The van der Waals surface area contributed by atoms with Crippen LogP contribution in [0, 0.1) is 5.92 Å². The third-order valence-corrected chi connectivity index (χ3v) is 4.43. The zero-order valence-electron chi connectivity index (χ0n) is 15.6. The quantitative estimate of drug-likeness (QED) is 0.688. The molecule has 0 spiro atoms. The lowest BCUT2D eigenvalue weighted by molar-refractivity contribution is -0.137. The molecule has 1 aliphatic heterocycles. The average molecular weight is 380 g/mol. The van der Waals surface area contributed by atoms with Gasteiger partial charge >= 0.3 is 5.97 Å². The largest absolute Gasteiger partial charge is 0.493 e. The summed E-state index contributed by atoms with van der Waals surface area (Å²) in [4.78, 5) is 37.5. The second-order valence-electron chi connectivity index (χ2n) is 6.04. The first-order valence-corrected chi connectivity index (χ1v) is 8.46. The molecular formula is C18H24N2O7. The van der Waals surface area contributed by atoms with Crippen LogP contribution in [-0.2, 0) is 14.3 Å². The molecule has 1 aromatic rings. The van der Waals surface area contributed by atoms with E-state index >= 15 is 0 Å². The number of hydrogen-bond acceptors (Lipinski definition) is 7. The van der Waals surface area contributed by atoms with E-state index in [2.05, 4.69) is 0 Å². The molecule has 148 valence electrons. The van der Waals surface area contributed by atoms with Crippen molar-refractivity contribution in [2.75, 3.05) is 41.0 Å². The molecule has 0 radical (unpaired) electrons. The van der Waals surface area contributed by atoms with Crippen LogP contribution in [0.15, 0.2) is 12.1 Å². The van der Waals surface area contributed by atoms with Crippen molar-refractivity contribution in [3.8, 4) is 17.2 Å². The highest BCUT2D eigenvalue weighted by atomic mass is 16.5. The SMILES string of the molecule is COc1ccc(C(=O)OCC(=O)N2CCC[C@H](C(N)=O)C2)c(OC)c1OC. The van der Waals surface area contributed by atoms with Crippen molar-refractivity contribution in [1.82, 2.24) is 4.90 Å². The topological polar surface area (TPSA) is 117 Å². The van der Waals surface area contributed by atoms with Crippen LogP contribution in [0.4, 0.5) is 0 Å². The van der Waals surface area contributed by atoms with Gasteiger partial charge in [-0.05, 0) is 25.0 Å². The van der Waals surface area contributed by atoms with Gasteiger partial charge in [0, 0.05) is 13.1 Å². The fourth-order valence-electron chi connectivity index (χ4n) is 2.99. The van der Waals surface area contributed by atoms with Crippen LogP contribution in [0.3, 0.4) is 0 Å². The second-order valence-corrected chi connectivity index (χ2v) is 6.04. The molecule has 1 aromatic carbocycles. The van der Waals surface area contributed by atoms with Gasteiger partial charge in [-0.2, -0.15) is 0 Å². The minimum absolute atomic E-state index is 0.108. The van der Waals surface area contributed by atoms with E-state index in [0.717, 1.165) is 0 Å². The minimum atomic E-state index is -0.732. The number of carbonyl (C=O) groups excluding carboxylic acids is 3. The van der Waals surface area contributed by atoms with Gasteiger partial charge in [-0.25, -0.2) is 4.79 Å². The Labute approximate surface area is 157 Å². The van der Waals surface area contributed by atoms with Crippen LogP contribution >= 0.6 is 0 Å². The molecule has 0 aliphatic carbocycles. The number of primary amides is 1. The molecule has 0 saturated carbocycles. The molecule has 2 rings (SSSR count). The van der Waals surface area contributed by atoms with E-state index in [0.29, 0.717) is 25.1 Å². The summed E-state index contributed by atoms with van der Waals surface area (Å²) in [5, 5.41) is 0. The fraction of sp³-hybridized carbons (Fsp3) is 0.500. The van der Waals surface area contributed by atoms with Crippen molar-refractivity contribution in [2.45, 2.75) is 12.8 Å². The van der Waals surface area contributed by atoms with Crippen LogP contribution in [-0.4, -0.2) is 63.7 Å². The molecule has 1 aliphatic rings. The van der Waals surface area contributed by atoms with Gasteiger partial charge in [-0.3, -0.25) is 9.59 Å². The highest BCUT2D eigenvalue weighted by molar-refractivity contribution is 5.95. The molecule has 0 aromatic heterocycles. The smallest absolute Gasteiger partial charge is 0.342 e. The number of rotatable bonds is 7. The molecule has 1 fully saturated rings. The van der Waals surface area contributed by atoms with Gasteiger partial charge in [0.05, 0.1) is 27.2 Å². The third-order valence-electron chi connectivity index (χ3n) is 4.43. The van der Waals surface area contributed by atoms with Gasteiger partial charge in [0.2, 0.25) is 11.7 Å². The Bertz CT molecular complexity index is 720. The van der Waals surface area contributed by atoms with E-state index in [-0.39, 0.29) is 35.4 Å². The molecule has 9 heteroatoms. The van der Waals surface area contributed by atoms with Crippen molar-refractivity contribution in [3.63, 3.8) is 0 Å². The summed E-state index contributed by atoms with van der Waals surface area (Å²) in [5.74, 6) is -1.11. The van der Waals surface area contributed by atoms with Crippen LogP contribution in [0.5, 0.6) is 17.2 Å². The number of esters is 1. The first-order valence-electron chi connectivity index (χ1n) is 8.46. The zero-order valence-corrected chi connectivity index (χ0v) is 15.6. The zero-order chi connectivity index (χ0) is 20.0. The number of benzene rings is 1. The lowest BCUT2D eigenvalue weighted by Gasteiger charge is -2.31. The number of carbonyl (C=O) groups is 3. The normalized spacial score (nSPS) is 16.4. The lowest BCUT2D eigenvalue weighted by atomic mass is 9.97. The van der Waals surface area contributed by atoms with Crippen LogP contribution in [0.2, 0.25) is 0 Å². The van der Waals surface area contributed by atoms with Gasteiger partial charge < -0.3 is 29.6 Å². The molecule has 0 unspecified atom stereocenters. The molecular weight excluding hydrogens is 356 g/mol. The van der Waals surface area contributed by atoms with Crippen LogP contribution in [0.25, 0.3) is 0 Å². The predicted molar refractivity (Wildman–Crippen MR) is 94.9 cm³/mol. The number of ether oxygens (including phenoxy) is 4. The lowest BCUT2D eigenvalue weighted by Crippen LogP contribution is -2.45. The average Bonchev–Trinajstić information content (AvgIpc) is 2.70. The van der Waals surface area contributed by atoms with Gasteiger partial charge in [-0.1, -0.05) is 0 Å². The van der Waals surface area contributed by atoms with Crippen molar-refractivity contribution >= 4 is 17.8 Å². The van der Waals surface area contributed by atoms with E-state index in [4.69, 9.17) is 24.7 Å². The van der Waals surface area contributed by atoms with Gasteiger partial charge in [0.1, 0.15) is 5.56 Å². The number of nitrogens with zero attached hydrogens (tertiary/aromatic N) is 1. The first kappa shape index (κ1) is 20.3. The maximum absolute atomic E-state index is 12.4. The Morgan fingerprint density at radius 3 is 2.41 bits per heavy atom. The molecule has 2 N–H and O–H groups in total. The first-order chi connectivity index (χ1) is 12.9. The number of nitrogens with two attached hydrogens (primary N) is 1. The van der Waals surface area contributed by atoms with Gasteiger partial charge in [0.15, 0.2) is 18.1 Å². The summed E-state index contributed by atoms with van der Waals surface area (Å²) in [6.07, 6.45) is 1.33. The summed E-state index contributed by atoms with van der Waals surface area (Å²) in [7, 11) is 4.27. The van der Waals surface area contributed by atoms with E-state index in [1.807, 2.05) is 0 Å². The van der Waals surface area contributed by atoms with Crippen molar-refractivity contribution in [2.24, 2.45) is 11.7 Å². The molecule has 0 bridgehead atoms. The van der Waals surface area contributed by atoms with Crippen molar-refractivity contribution in [3.05, 3.63) is 17.7 Å². The Kier molecular flexibility index (Phi) is 6.86. The second kappa shape index (κ2) is 9.11. The van der Waals surface area contributed by atoms with E-state index in [1.165, 1.54) is 32.3 Å². The summed E-state index contributed by atoms with van der Waals surface area (Å²) in [6, 6.07) is 3.01. The number of hydrogen-bond donors (Lipinski definition) is 1. The van der Waals surface area contributed by atoms with Crippen molar-refractivity contribution in [1.29, 1.82) is 0 Å². The summed E-state index contributed by atoms with van der Waals surface area (Å²) >= 11 is 0. The predicted octanol–water partition coefficient (Wildman–Crippen LogP) is 0.593. The molecule has 27 heavy (non-hydrogen) atoms. The van der Waals surface area contributed by atoms with Gasteiger partial charge in [-0.15, -0.1) is 0 Å². The fourth-order valence-corrected chi connectivity index (χ4v) is 2.99. The molecule has 1 saturated heterocycles. The van der Waals surface area contributed by atoms with Crippen molar-refractivity contribution < 1.29 is 33.3 Å². The number of methoxy groups -OCH3 is 3. The Balaban J connectivity index is 2.05. The molecule has 2 amide bonds. The maximum atomic E-state index is 12.4. The third kappa shape index (κ3) is 4.60. The van der Waals surface area contributed by atoms with E-state index < -0.39 is 18.5 Å². The minimum Gasteiger partial charge on any atom is -0.493 e. The Morgan fingerprint density at radius 1 is 1.11 bits per heavy atom. The number of piperidine rings is 1. The monoisotopic (exact) mass is 380 g/mol. The molecule has 1 heterocycles.